The van der Waals surface area contributed by atoms with Crippen molar-refractivity contribution in [2.45, 2.75) is 6.42 Å². The lowest BCUT2D eigenvalue weighted by Gasteiger charge is -2.05. The van der Waals surface area contributed by atoms with E-state index in [9.17, 15) is 4.79 Å². The highest BCUT2D eigenvalue weighted by Crippen LogP contribution is 2.25. The quantitative estimate of drug-likeness (QED) is 0.608. The van der Waals surface area contributed by atoms with E-state index in [1.807, 2.05) is 6.07 Å². The van der Waals surface area contributed by atoms with Gasteiger partial charge in [-0.15, -0.1) is 0 Å². The van der Waals surface area contributed by atoms with Crippen LogP contribution in [0.25, 0.3) is 0 Å². The Bertz CT molecular complexity index is 440. The summed E-state index contributed by atoms with van der Waals surface area (Å²) in [5.74, 6) is 0.144. The summed E-state index contributed by atoms with van der Waals surface area (Å²) >= 11 is 1.11. The lowest BCUT2D eigenvalue weighted by Crippen LogP contribution is -2.28. The number of nitrogen functional groups attached to an aromatic ring is 1. The van der Waals surface area contributed by atoms with Gasteiger partial charge in [-0.3, -0.25) is 4.79 Å². The van der Waals surface area contributed by atoms with Gasteiger partial charge in [-0.2, -0.15) is 9.64 Å². The van der Waals surface area contributed by atoms with Gasteiger partial charge >= 0.3 is 0 Å². The van der Waals surface area contributed by atoms with Crippen molar-refractivity contribution in [3.05, 3.63) is 5.56 Å². The van der Waals surface area contributed by atoms with Crippen molar-refractivity contribution in [1.82, 2.24) is 9.69 Å². The zero-order valence-electron chi connectivity index (χ0n) is 10.0. The molecule has 0 unspecified atom stereocenters. The van der Waals surface area contributed by atoms with Crippen molar-refractivity contribution in [2.75, 3.05) is 37.9 Å². The topological polar surface area (TPSA) is 113 Å². The summed E-state index contributed by atoms with van der Waals surface area (Å²) in [6, 6.07) is 1.97. The summed E-state index contributed by atoms with van der Waals surface area (Å²) < 4.78 is 8.68. The number of anilines is 2. The van der Waals surface area contributed by atoms with Crippen LogP contribution in [0.1, 0.15) is 12.0 Å². The number of nitrogens with one attached hydrogen (secondary N) is 2. The first-order valence-electron chi connectivity index (χ1n) is 5.33. The predicted molar refractivity (Wildman–Crippen MR) is 69.2 cm³/mol. The van der Waals surface area contributed by atoms with Gasteiger partial charge in [0.25, 0.3) is 0 Å². The fourth-order valence-corrected chi connectivity index (χ4v) is 1.89. The summed E-state index contributed by atoms with van der Waals surface area (Å²) in [5.41, 5.74) is 5.84. The maximum atomic E-state index is 11.4. The van der Waals surface area contributed by atoms with Gasteiger partial charge in [-0.05, 0) is 11.5 Å². The number of carbonyl (C=O) groups is 1. The number of nitrogens with two attached hydrogens (primary N) is 1. The van der Waals surface area contributed by atoms with E-state index in [1.54, 1.807) is 7.11 Å². The third kappa shape index (κ3) is 4.20. The molecular weight excluding hydrogens is 254 g/mol. The molecule has 0 aliphatic heterocycles. The van der Waals surface area contributed by atoms with Crippen LogP contribution in [-0.2, 0) is 9.53 Å². The molecule has 0 aromatic carbocycles. The first-order valence-corrected chi connectivity index (χ1v) is 6.11. The maximum absolute atomic E-state index is 11.4. The second-order valence-corrected chi connectivity index (χ2v) is 4.18. The van der Waals surface area contributed by atoms with Gasteiger partial charge in [-0.25, -0.2) is 0 Å². The highest BCUT2D eigenvalue weighted by Gasteiger charge is 2.10. The third-order valence-electron chi connectivity index (χ3n) is 2.10. The first kappa shape index (κ1) is 14.2. The summed E-state index contributed by atoms with van der Waals surface area (Å²) in [4.78, 5) is 11.4. The number of methoxy groups -OCH3 is 1. The van der Waals surface area contributed by atoms with Gasteiger partial charge in [0.05, 0.1) is 6.61 Å². The van der Waals surface area contributed by atoms with Gasteiger partial charge in [0.2, 0.25) is 5.91 Å². The average molecular weight is 269 g/mol. The van der Waals surface area contributed by atoms with Crippen LogP contribution in [0.4, 0.5) is 10.8 Å². The molecule has 98 valence electrons. The molecule has 1 aromatic rings. The molecule has 0 saturated carbocycles. The number of carbonyl (C=O) groups excluding carboxylic acids is 1. The van der Waals surface area contributed by atoms with E-state index in [1.165, 1.54) is 0 Å². The number of nitriles is 1. The molecule has 7 nitrogen and oxygen atoms in total. The van der Waals surface area contributed by atoms with Crippen molar-refractivity contribution < 1.29 is 9.53 Å². The lowest BCUT2D eigenvalue weighted by atomic mass is 10.3. The van der Waals surface area contributed by atoms with Crippen molar-refractivity contribution in [1.29, 1.82) is 5.26 Å². The van der Waals surface area contributed by atoms with E-state index in [2.05, 4.69) is 15.0 Å². The standard InChI is InChI=1S/C10H15N5O2S/c1-17-5-4-13-8(16)2-3-14-10-7(6-11)9(12)15-18-10/h14H,2-5H2,1H3,(H2,12,15)(H,13,16). The molecule has 1 aromatic heterocycles. The van der Waals surface area contributed by atoms with Crippen LogP contribution in [0.2, 0.25) is 0 Å². The molecule has 0 atom stereocenters. The smallest absolute Gasteiger partial charge is 0.221 e. The number of hydrogen-bond acceptors (Lipinski definition) is 7. The lowest BCUT2D eigenvalue weighted by molar-refractivity contribution is -0.121. The highest BCUT2D eigenvalue weighted by molar-refractivity contribution is 7.10. The Hall–Kier alpha value is -1.85. The number of aromatic nitrogens is 1. The van der Waals surface area contributed by atoms with Crippen LogP contribution in [0.15, 0.2) is 0 Å². The van der Waals surface area contributed by atoms with Gasteiger partial charge in [0.1, 0.15) is 16.6 Å². The molecule has 0 fully saturated rings. The Labute approximate surface area is 109 Å². The fourth-order valence-electron chi connectivity index (χ4n) is 1.20. The summed E-state index contributed by atoms with van der Waals surface area (Å²) in [6.45, 7) is 1.41. The SMILES string of the molecule is COCCNC(=O)CCNc1snc(N)c1C#N. The molecule has 8 heteroatoms. The van der Waals surface area contributed by atoms with Gasteiger partial charge in [0, 0.05) is 26.6 Å². The van der Waals surface area contributed by atoms with Gasteiger partial charge in [-0.1, -0.05) is 0 Å². The van der Waals surface area contributed by atoms with Crippen molar-refractivity contribution in [3.63, 3.8) is 0 Å². The normalized spacial score (nSPS) is 9.78. The van der Waals surface area contributed by atoms with E-state index in [0.29, 0.717) is 36.7 Å². The minimum Gasteiger partial charge on any atom is -0.383 e. The van der Waals surface area contributed by atoms with Crippen LogP contribution in [0.5, 0.6) is 0 Å². The zero-order valence-corrected chi connectivity index (χ0v) is 10.8. The molecule has 1 rings (SSSR count). The molecule has 0 spiro atoms. The van der Waals surface area contributed by atoms with Gasteiger partial charge in [0.15, 0.2) is 5.82 Å². The largest absolute Gasteiger partial charge is 0.383 e. The molecule has 0 radical (unpaired) electrons. The van der Waals surface area contributed by atoms with E-state index in [-0.39, 0.29) is 11.7 Å². The van der Waals surface area contributed by atoms with E-state index >= 15 is 0 Å². The maximum Gasteiger partial charge on any atom is 0.221 e. The second-order valence-electron chi connectivity index (χ2n) is 3.40. The van der Waals surface area contributed by atoms with Crippen molar-refractivity contribution in [3.8, 4) is 6.07 Å². The first-order chi connectivity index (χ1) is 8.69. The molecule has 0 bridgehead atoms. The van der Waals surface area contributed by atoms with Crippen LogP contribution >= 0.6 is 11.5 Å². The number of hydrogen-bond donors (Lipinski definition) is 3. The van der Waals surface area contributed by atoms with Crippen molar-refractivity contribution >= 4 is 28.3 Å². The average Bonchev–Trinajstić information content (AvgIpc) is 2.70. The van der Waals surface area contributed by atoms with E-state index in [0.717, 1.165) is 11.5 Å². The van der Waals surface area contributed by atoms with Crippen LogP contribution in [0, 0.1) is 11.3 Å². The van der Waals surface area contributed by atoms with Crippen LogP contribution in [0.3, 0.4) is 0 Å². The Kier molecular flexibility index (Phi) is 5.90. The predicted octanol–water partition coefficient (Wildman–Crippen LogP) is 0.162. The van der Waals surface area contributed by atoms with Crippen LogP contribution in [-0.4, -0.2) is 37.1 Å². The number of rotatable bonds is 7. The Balaban J connectivity index is 2.29. The molecule has 0 saturated heterocycles. The molecule has 0 aliphatic rings. The Morgan fingerprint density at radius 2 is 2.39 bits per heavy atom. The molecular formula is C10H15N5O2S. The molecule has 4 N–H and O–H groups in total. The number of amides is 1. The summed E-state index contributed by atoms with van der Waals surface area (Å²) in [6.07, 6.45) is 0.312. The zero-order chi connectivity index (χ0) is 13.4. The van der Waals surface area contributed by atoms with Gasteiger partial charge < -0.3 is 21.1 Å². The minimum absolute atomic E-state index is 0.0736. The fraction of sp³-hybridized carbons (Fsp3) is 0.500. The summed E-state index contributed by atoms with van der Waals surface area (Å²) in [5, 5.41) is 15.1. The molecule has 1 amide bonds. The summed E-state index contributed by atoms with van der Waals surface area (Å²) in [7, 11) is 1.57. The minimum atomic E-state index is -0.0736. The Morgan fingerprint density at radius 3 is 3.06 bits per heavy atom. The van der Waals surface area contributed by atoms with Crippen molar-refractivity contribution in [2.24, 2.45) is 0 Å². The second kappa shape index (κ2) is 7.47. The molecule has 1 heterocycles. The monoisotopic (exact) mass is 269 g/mol. The number of ether oxygens (including phenoxy) is 1. The third-order valence-corrected chi connectivity index (χ3v) is 2.92. The number of nitrogens with zero attached hydrogens (tertiary/aromatic N) is 2. The van der Waals surface area contributed by atoms with E-state index < -0.39 is 0 Å². The molecule has 0 aliphatic carbocycles. The van der Waals surface area contributed by atoms with E-state index in [4.69, 9.17) is 15.7 Å². The highest BCUT2D eigenvalue weighted by atomic mass is 32.1. The molecule has 18 heavy (non-hydrogen) atoms. The van der Waals surface area contributed by atoms with Crippen LogP contribution < -0.4 is 16.4 Å². The Morgan fingerprint density at radius 1 is 1.61 bits per heavy atom.